The fraction of sp³-hybridized carbons (Fsp3) is 0.429. The Hall–Kier alpha value is -1.71. The number of para-hydroxylation sites is 1. The average Bonchev–Trinajstić information content (AvgIpc) is 2.91. The first kappa shape index (κ1) is 18.3. The van der Waals surface area contributed by atoms with Gasteiger partial charge in [-0.25, -0.2) is 4.99 Å². The topological polar surface area (TPSA) is 94.0 Å². The first-order valence-electron chi connectivity index (χ1n) is 7.04. The quantitative estimate of drug-likeness (QED) is 0.442. The molecule has 0 spiro atoms. The number of halogens is 1. The van der Waals surface area contributed by atoms with Crippen molar-refractivity contribution in [3.8, 4) is 0 Å². The molecule has 0 atom stereocenters. The van der Waals surface area contributed by atoms with Crippen molar-refractivity contribution in [3.05, 3.63) is 35.2 Å². The Balaban J connectivity index is 0.00000242. The maximum atomic E-state index is 5.96. The largest absolute Gasteiger partial charge is 0.370 e. The van der Waals surface area contributed by atoms with Crippen LogP contribution in [-0.2, 0) is 26.4 Å². The molecule has 0 bridgehead atoms. The summed E-state index contributed by atoms with van der Waals surface area (Å²) in [5, 5.41) is 14.9. The predicted octanol–water partition coefficient (Wildman–Crippen LogP) is 1.88. The summed E-state index contributed by atoms with van der Waals surface area (Å²) in [6.07, 6.45) is 1.88. The van der Waals surface area contributed by atoms with E-state index in [2.05, 4.69) is 57.8 Å². The third kappa shape index (κ3) is 4.65. The second kappa shape index (κ2) is 8.66. The molecule has 1 aromatic carbocycles. The highest BCUT2D eigenvalue weighted by atomic mass is 127. The van der Waals surface area contributed by atoms with Crippen molar-refractivity contribution in [2.75, 3.05) is 5.32 Å². The fourth-order valence-electron chi connectivity index (χ4n) is 2.11. The molecule has 1 aromatic heterocycles. The monoisotopic (exact) mass is 415 g/mol. The van der Waals surface area contributed by atoms with Gasteiger partial charge in [0.05, 0.1) is 7.05 Å². The number of hydrogen-bond donors (Lipinski definition) is 2. The van der Waals surface area contributed by atoms with Crippen LogP contribution in [0.4, 0.5) is 5.69 Å². The lowest BCUT2D eigenvalue weighted by molar-refractivity contribution is 0.627. The van der Waals surface area contributed by atoms with E-state index in [4.69, 9.17) is 5.73 Å². The van der Waals surface area contributed by atoms with Crippen LogP contribution >= 0.6 is 24.0 Å². The van der Waals surface area contributed by atoms with E-state index in [9.17, 15) is 0 Å². The van der Waals surface area contributed by atoms with Crippen molar-refractivity contribution in [3.63, 3.8) is 0 Å². The number of benzene rings is 1. The van der Waals surface area contributed by atoms with Gasteiger partial charge in [0.25, 0.3) is 0 Å². The number of nitrogens with two attached hydrogens (primary N) is 1. The van der Waals surface area contributed by atoms with Crippen molar-refractivity contribution < 1.29 is 0 Å². The standard InChI is InChI=1S/C14H21N7.HI/c1-4-10-7-6-8-11(5-2)13(10)17-14(15)16-9-12-18-20-21(3)19-12;/h6-8H,4-5,9H2,1-3H3,(H3,15,16,17);1H. The number of tetrazole rings is 1. The Bertz CT molecular complexity index is 614. The van der Waals surface area contributed by atoms with Gasteiger partial charge in [-0.05, 0) is 29.2 Å². The Kier molecular flexibility index (Phi) is 7.22. The van der Waals surface area contributed by atoms with Crippen LogP contribution in [0.5, 0.6) is 0 Å². The molecule has 0 fully saturated rings. The first-order valence-corrected chi connectivity index (χ1v) is 7.04. The van der Waals surface area contributed by atoms with Crippen molar-refractivity contribution in [1.82, 2.24) is 20.2 Å². The van der Waals surface area contributed by atoms with Crippen molar-refractivity contribution >= 4 is 35.6 Å². The Morgan fingerprint density at radius 2 is 1.91 bits per heavy atom. The fourth-order valence-corrected chi connectivity index (χ4v) is 2.11. The lowest BCUT2D eigenvalue weighted by Crippen LogP contribution is -2.24. The normalized spacial score (nSPS) is 11.1. The number of aromatic nitrogens is 4. The molecule has 0 unspecified atom stereocenters. The molecule has 2 rings (SSSR count). The number of aliphatic imine (C=N–C) groups is 1. The van der Waals surface area contributed by atoms with E-state index in [0.717, 1.165) is 18.5 Å². The van der Waals surface area contributed by atoms with Gasteiger partial charge in [0, 0.05) is 5.69 Å². The lowest BCUT2D eigenvalue weighted by Gasteiger charge is -2.14. The van der Waals surface area contributed by atoms with Crippen LogP contribution in [0.25, 0.3) is 0 Å². The molecule has 0 saturated heterocycles. The number of anilines is 1. The second-order valence-electron chi connectivity index (χ2n) is 4.68. The van der Waals surface area contributed by atoms with Gasteiger partial charge >= 0.3 is 0 Å². The number of aryl methyl sites for hydroxylation is 3. The zero-order valence-corrected chi connectivity index (χ0v) is 15.4. The van der Waals surface area contributed by atoms with Crippen molar-refractivity contribution in [2.45, 2.75) is 33.2 Å². The smallest absolute Gasteiger partial charge is 0.196 e. The molecular formula is C14H22IN7. The van der Waals surface area contributed by atoms with Crippen molar-refractivity contribution in [2.24, 2.45) is 17.8 Å². The van der Waals surface area contributed by atoms with Crippen LogP contribution in [0, 0.1) is 0 Å². The zero-order valence-electron chi connectivity index (χ0n) is 13.1. The third-order valence-corrected chi connectivity index (χ3v) is 3.19. The molecule has 0 aliphatic heterocycles. The van der Waals surface area contributed by atoms with E-state index in [0.29, 0.717) is 18.3 Å². The van der Waals surface area contributed by atoms with Gasteiger partial charge in [0.2, 0.25) is 0 Å². The molecule has 3 N–H and O–H groups in total. The average molecular weight is 415 g/mol. The molecule has 7 nitrogen and oxygen atoms in total. The molecular weight excluding hydrogens is 393 g/mol. The first-order chi connectivity index (χ1) is 10.1. The van der Waals surface area contributed by atoms with Gasteiger partial charge in [0.15, 0.2) is 11.8 Å². The summed E-state index contributed by atoms with van der Waals surface area (Å²) >= 11 is 0. The Labute approximate surface area is 147 Å². The van der Waals surface area contributed by atoms with Crippen LogP contribution in [0.1, 0.15) is 30.8 Å². The van der Waals surface area contributed by atoms with Gasteiger partial charge < -0.3 is 11.1 Å². The van der Waals surface area contributed by atoms with Gasteiger partial charge in [-0.2, -0.15) is 4.80 Å². The van der Waals surface area contributed by atoms with E-state index >= 15 is 0 Å². The minimum absolute atomic E-state index is 0. The number of rotatable bonds is 5. The highest BCUT2D eigenvalue weighted by Gasteiger charge is 2.07. The summed E-state index contributed by atoms with van der Waals surface area (Å²) in [6, 6.07) is 6.26. The van der Waals surface area contributed by atoms with Crippen LogP contribution in [0.3, 0.4) is 0 Å². The van der Waals surface area contributed by atoms with E-state index < -0.39 is 0 Å². The number of guanidine groups is 1. The third-order valence-electron chi connectivity index (χ3n) is 3.19. The maximum absolute atomic E-state index is 5.96. The predicted molar refractivity (Wildman–Crippen MR) is 98.4 cm³/mol. The summed E-state index contributed by atoms with van der Waals surface area (Å²) in [6.45, 7) is 4.55. The SMILES string of the molecule is CCc1cccc(CC)c1NC(N)=NCc1nnn(C)n1.I. The molecule has 120 valence electrons. The summed E-state index contributed by atoms with van der Waals surface area (Å²) in [5.74, 6) is 0.903. The van der Waals surface area contributed by atoms with E-state index in [-0.39, 0.29) is 24.0 Å². The Morgan fingerprint density at radius 3 is 2.41 bits per heavy atom. The van der Waals surface area contributed by atoms with Gasteiger partial charge in [0.1, 0.15) is 6.54 Å². The zero-order chi connectivity index (χ0) is 15.2. The lowest BCUT2D eigenvalue weighted by atomic mass is 10.0. The molecule has 0 aliphatic rings. The van der Waals surface area contributed by atoms with Gasteiger partial charge in [-0.3, -0.25) is 0 Å². The molecule has 22 heavy (non-hydrogen) atoms. The molecule has 1 heterocycles. The van der Waals surface area contributed by atoms with Gasteiger partial charge in [-0.1, -0.05) is 32.0 Å². The number of nitrogens with one attached hydrogen (secondary N) is 1. The number of hydrogen-bond acceptors (Lipinski definition) is 4. The summed E-state index contributed by atoms with van der Waals surface area (Å²) < 4.78 is 0. The molecule has 0 radical (unpaired) electrons. The maximum Gasteiger partial charge on any atom is 0.196 e. The molecule has 2 aromatic rings. The van der Waals surface area contributed by atoms with E-state index in [1.807, 2.05) is 0 Å². The van der Waals surface area contributed by atoms with Crippen molar-refractivity contribution in [1.29, 1.82) is 0 Å². The second-order valence-corrected chi connectivity index (χ2v) is 4.68. The summed E-state index contributed by atoms with van der Waals surface area (Å²) in [5.41, 5.74) is 9.47. The number of nitrogens with zero attached hydrogens (tertiary/aromatic N) is 5. The molecule has 8 heteroatoms. The van der Waals surface area contributed by atoms with Crippen LogP contribution < -0.4 is 11.1 Å². The minimum atomic E-state index is 0. The summed E-state index contributed by atoms with van der Waals surface area (Å²) in [4.78, 5) is 5.66. The Morgan fingerprint density at radius 1 is 1.27 bits per heavy atom. The highest BCUT2D eigenvalue weighted by Crippen LogP contribution is 2.22. The molecule has 0 saturated carbocycles. The van der Waals surface area contributed by atoms with Gasteiger partial charge in [-0.15, -0.1) is 34.2 Å². The van der Waals surface area contributed by atoms with Crippen LogP contribution in [-0.4, -0.2) is 26.2 Å². The summed E-state index contributed by atoms with van der Waals surface area (Å²) in [7, 11) is 1.72. The molecule has 0 aliphatic carbocycles. The van der Waals surface area contributed by atoms with Crippen LogP contribution in [0.15, 0.2) is 23.2 Å². The highest BCUT2D eigenvalue weighted by molar-refractivity contribution is 14.0. The molecule has 0 amide bonds. The minimum Gasteiger partial charge on any atom is -0.370 e. The van der Waals surface area contributed by atoms with E-state index in [1.165, 1.54) is 15.9 Å². The van der Waals surface area contributed by atoms with E-state index in [1.54, 1.807) is 7.05 Å². The van der Waals surface area contributed by atoms with Crippen LogP contribution in [0.2, 0.25) is 0 Å².